The summed E-state index contributed by atoms with van der Waals surface area (Å²) in [5, 5.41) is 0. The third-order valence-corrected chi connectivity index (χ3v) is 20.5. The Labute approximate surface area is 574 Å². The molecular formula is C84H176Cl2N2. The van der Waals surface area contributed by atoms with Crippen LogP contribution in [0.3, 0.4) is 0 Å². The summed E-state index contributed by atoms with van der Waals surface area (Å²) in [6.45, 7) is 14.8. The lowest BCUT2D eigenvalue weighted by Gasteiger charge is -2.30. The minimum atomic E-state index is 0. The van der Waals surface area contributed by atoms with E-state index >= 15 is 0 Å². The standard InChI is InChI=1S/C46H96N.C38H80N.2ClH/c1-5-7-9-11-13-15-17-19-21-23-25-27-29-31-33-35-37-39-41-43-45-47(3,4)46-44-42-40-38-36-34-32-30-28-26-24-22-20-18-16-14-12-10-8-6-2;1-5-7-9-11-13-15-17-19-21-23-25-27-29-31-33-35-37-39(3,4)38-36-34-32-30-28-26-24-22-20-18-16-14-12-10-8-6-2;;/h5-46H2,1-4H3;5-38H2,1-4H3;2*1H/q2*+1;;/p-2. The molecule has 0 rings (SSSR count). The number of hydrogen-bond acceptors (Lipinski definition) is 0. The van der Waals surface area contributed by atoms with Crippen LogP contribution in [0.4, 0.5) is 0 Å². The molecule has 0 aliphatic carbocycles. The van der Waals surface area contributed by atoms with Crippen molar-refractivity contribution >= 4 is 0 Å². The van der Waals surface area contributed by atoms with E-state index in [0.717, 1.165) is 0 Å². The van der Waals surface area contributed by atoms with E-state index in [-0.39, 0.29) is 24.8 Å². The number of halogens is 2. The van der Waals surface area contributed by atoms with Crippen molar-refractivity contribution in [2.24, 2.45) is 0 Å². The molecule has 0 heterocycles. The van der Waals surface area contributed by atoms with E-state index in [0.29, 0.717) is 0 Å². The van der Waals surface area contributed by atoms with Crippen LogP contribution in [0.25, 0.3) is 0 Å². The highest BCUT2D eigenvalue weighted by Crippen LogP contribution is 2.21. The Morgan fingerprint density at radius 1 is 0.114 bits per heavy atom. The molecule has 0 spiro atoms. The highest BCUT2D eigenvalue weighted by Gasteiger charge is 2.15. The Balaban J connectivity index is -0.000000797. The van der Waals surface area contributed by atoms with E-state index in [1.165, 1.54) is 497 Å². The molecule has 0 radical (unpaired) electrons. The monoisotopic (exact) mass is 1280 g/mol. The summed E-state index contributed by atoms with van der Waals surface area (Å²) in [7, 11) is 9.89. The quantitative estimate of drug-likeness (QED) is 0.0421. The van der Waals surface area contributed by atoms with E-state index in [1.54, 1.807) is 0 Å². The molecule has 0 aromatic rings. The van der Waals surface area contributed by atoms with Crippen LogP contribution in [-0.2, 0) is 0 Å². The van der Waals surface area contributed by atoms with Crippen LogP contribution in [0, 0.1) is 0 Å². The average molecular weight is 1290 g/mol. The summed E-state index contributed by atoms with van der Waals surface area (Å²) in [5.74, 6) is 0. The van der Waals surface area contributed by atoms with Gasteiger partial charge >= 0.3 is 0 Å². The van der Waals surface area contributed by atoms with Gasteiger partial charge in [0.15, 0.2) is 0 Å². The summed E-state index contributed by atoms with van der Waals surface area (Å²) in [5.41, 5.74) is 0. The van der Waals surface area contributed by atoms with Crippen molar-refractivity contribution in [2.75, 3.05) is 54.4 Å². The van der Waals surface area contributed by atoms with Gasteiger partial charge < -0.3 is 33.8 Å². The Morgan fingerprint density at radius 2 is 0.182 bits per heavy atom. The van der Waals surface area contributed by atoms with Crippen molar-refractivity contribution in [1.29, 1.82) is 0 Å². The summed E-state index contributed by atoms with van der Waals surface area (Å²) in [4.78, 5) is 0. The van der Waals surface area contributed by atoms with Crippen LogP contribution >= 0.6 is 0 Å². The van der Waals surface area contributed by atoms with Crippen LogP contribution in [0.1, 0.15) is 490 Å². The van der Waals surface area contributed by atoms with Crippen LogP contribution < -0.4 is 24.8 Å². The maximum absolute atomic E-state index is 2.48. The Bertz CT molecular complexity index is 1070. The Hall–Kier alpha value is 0.500. The van der Waals surface area contributed by atoms with Gasteiger partial charge in [0.05, 0.1) is 54.4 Å². The fourth-order valence-corrected chi connectivity index (χ4v) is 14.0. The zero-order valence-electron chi connectivity index (χ0n) is 63.4. The van der Waals surface area contributed by atoms with Crippen molar-refractivity contribution < 1.29 is 33.8 Å². The number of unbranched alkanes of at least 4 members (excludes halogenated alkanes) is 68. The van der Waals surface area contributed by atoms with Crippen molar-refractivity contribution in [3.05, 3.63) is 0 Å². The Morgan fingerprint density at radius 3 is 0.261 bits per heavy atom. The summed E-state index contributed by atoms with van der Waals surface area (Å²) in [6, 6.07) is 0. The molecule has 0 atom stereocenters. The van der Waals surface area contributed by atoms with Gasteiger partial charge in [-0.3, -0.25) is 0 Å². The summed E-state index contributed by atoms with van der Waals surface area (Å²) >= 11 is 0. The molecule has 0 aromatic carbocycles. The van der Waals surface area contributed by atoms with Gasteiger partial charge in [-0.2, -0.15) is 0 Å². The second-order valence-electron chi connectivity index (χ2n) is 30.8. The van der Waals surface area contributed by atoms with Gasteiger partial charge in [0.2, 0.25) is 0 Å². The van der Waals surface area contributed by atoms with Crippen molar-refractivity contribution in [2.45, 2.75) is 490 Å². The third kappa shape index (κ3) is 88.6. The van der Waals surface area contributed by atoms with Gasteiger partial charge in [-0.1, -0.05) is 439 Å². The lowest BCUT2D eigenvalue weighted by Crippen LogP contribution is -3.00. The summed E-state index contributed by atoms with van der Waals surface area (Å²) in [6.07, 6.45) is 106. The number of nitrogens with zero attached hydrogens (tertiary/aromatic N) is 2. The van der Waals surface area contributed by atoms with E-state index in [1.807, 2.05) is 0 Å². The lowest BCUT2D eigenvalue weighted by molar-refractivity contribution is -0.890. The van der Waals surface area contributed by atoms with Gasteiger partial charge in [0.25, 0.3) is 0 Å². The van der Waals surface area contributed by atoms with E-state index in [2.05, 4.69) is 55.9 Å². The van der Waals surface area contributed by atoms with E-state index < -0.39 is 0 Å². The van der Waals surface area contributed by atoms with Crippen LogP contribution in [0.2, 0.25) is 0 Å². The minimum Gasteiger partial charge on any atom is -1.00 e. The topological polar surface area (TPSA) is 0 Å². The van der Waals surface area contributed by atoms with Gasteiger partial charge in [0.1, 0.15) is 0 Å². The van der Waals surface area contributed by atoms with Crippen LogP contribution in [-0.4, -0.2) is 63.3 Å². The van der Waals surface area contributed by atoms with Gasteiger partial charge in [-0.05, 0) is 51.4 Å². The predicted molar refractivity (Wildman–Crippen MR) is 399 cm³/mol. The molecule has 0 saturated carbocycles. The molecule has 0 aliphatic heterocycles. The minimum absolute atomic E-state index is 0. The van der Waals surface area contributed by atoms with Gasteiger partial charge in [-0.15, -0.1) is 0 Å². The number of rotatable bonds is 76. The molecule has 88 heavy (non-hydrogen) atoms. The molecule has 0 saturated heterocycles. The second-order valence-corrected chi connectivity index (χ2v) is 30.8. The molecule has 0 fully saturated rings. The van der Waals surface area contributed by atoms with Gasteiger partial charge in [-0.25, -0.2) is 0 Å². The SMILES string of the molecule is CCCCCCCCCCCCCCCCCCCCCC[N+](C)(C)CCCCCCCCCCCCCCCCCCCCCC.CCCCCCCCCCCCCCCCCC[N+](C)(C)CCCCCCCCCCCCCCCCCC.[Cl-].[Cl-]. The largest absolute Gasteiger partial charge is 1.00 e. The third-order valence-electron chi connectivity index (χ3n) is 20.5. The van der Waals surface area contributed by atoms with Crippen LogP contribution in [0.15, 0.2) is 0 Å². The zero-order valence-corrected chi connectivity index (χ0v) is 64.9. The Kier molecular flexibility index (Phi) is 90.1. The first-order chi connectivity index (χ1) is 42.2. The molecule has 0 unspecified atom stereocenters. The maximum atomic E-state index is 2.48. The molecule has 0 bridgehead atoms. The molecule has 4 heteroatoms. The molecule has 0 amide bonds. The molecule has 0 aliphatic rings. The van der Waals surface area contributed by atoms with E-state index in [9.17, 15) is 0 Å². The highest BCUT2D eigenvalue weighted by molar-refractivity contribution is 4.57. The molecule has 536 valence electrons. The van der Waals surface area contributed by atoms with Crippen molar-refractivity contribution in [3.63, 3.8) is 0 Å². The first-order valence-electron chi connectivity index (χ1n) is 41.9. The first-order valence-corrected chi connectivity index (χ1v) is 41.9. The maximum Gasteiger partial charge on any atom is 0.0782 e. The first kappa shape index (κ1) is 94.9. The zero-order chi connectivity index (χ0) is 62.7. The highest BCUT2D eigenvalue weighted by atomic mass is 35.5. The summed E-state index contributed by atoms with van der Waals surface area (Å²) < 4.78 is 2.50. The normalized spacial score (nSPS) is 11.7. The smallest absolute Gasteiger partial charge is 0.0782 e. The second kappa shape index (κ2) is 83.6. The molecule has 2 nitrogen and oxygen atoms in total. The van der Waals surface area contributed by atoms with Crippen molar-refractivity contribution in [1.82, 2.24) is 0 Å². The van der Waals surface area contributed by atoms with E-state index in [4.69, 9.17) is 0 Å². The van der Waals surface area contributed by atoms with Crippen molar-refractivity contribution in [3.8, 4) is 0 Å². The average Bonchev–Trinajstić information content (AvgIpc) is 3.51. The number of hydrogen-bond donors (Lipinski definition) is 0. The predicted octanol–water partition coefficient (Wildman–Crippen LogP) is 24.3. The fourth-order valence-electron chi connectivity index (χ4n) is 14.0. The molecule has 0 aromatic heterocycles. The molecule has 0 N–H and O–H groups in total. The van der Waals surface area contributed by atoms with Gasteiger partial charge in [0, 0.05) is 0 Å². The molecular weight excluding hydrogens is 1110 g/mol. The van der Waals surface area contributed by atoms with Crippen LogP contribution in [0.5, 0.6) is 0 Å². The lowest BCUT2D eigenvalue weighted by atomic mass is 10.0. The number of quaternary nitrogens is 2. The fraction of sp³-hybridized carbons (Fsp3) is 1.00.